The minimum Gasteiger partial charge on any atom is -0.393 e. The summed E-state index contributed by atoms with van der Waals surface area (Å²) in [6.45, 7) is 1.32. The maximum Gasteiger partial charge on any atom is 0.0974 e. The fourth-order valence-corrected chi connectivity index (χ4v) is 4.79. The first kappa shape index (κ1) is 15.4. The second-order valence-corrected chi connectivity index (χ2v) is 7.50. The summed E-state index contributed by atoms with van der Waals surface area (Å²) in [4.78, 5) is 13.5. The van der Waals surface area contributed by atoms with Crippen molar-refractivity contribution in [3.05, 3.63) is 31.5 Å². The summed E-state index contributed by atoms with van der Waals surface area (Å²) in [6.07, 6.45) is 3.45. The Morgan fingerprint density at radius 1 is 1.19 bits per heavy atom. The van der Waals surface area contributed by atoms with Crippen molar-refractivity contribution < 1.29 is 5.11 Å². The van der Waals surface area contributed by atoms with Gasteiger partial charge in [0.15, 0.2) is 0 Å². The van der Waals surface area contributed by atoms with E-state index in [1.807, 2.05) is 12.1 Å². The zero-order valence-electron chi connectivity index (χ0n) is 11.5. The van der Waals surface area contributed by atoms with Crippen molar-refractivity contribution in [3.63, 3.8) is 0 Å². The number of halogens is 2. The molecule has 3 rings (SSSR count). The molecular formula is C14H17Br2N3O2. The predicted molar refractivity (Wildman–Crippen MR) is 88.8 cm³/mol. The summed E-state index contributed by atoms with van der Waals surface area (Å²) in [5.74, 6) is 0. The van der Waals surface area contributed by atoms with Crippen LogP contribution in [0.2, 0.25) is 0 Å². The van der Waals surface area contributed by atoms with Crippen LogP contribution < -0.4 is 5.01 Å². The van der Waals surface area contributed by atoms with Crippen LogP contribution in [0.15, 0.2) is 26.4 Å². The zero-order valence-corrected chi connectivity index (χ0v) is 14.7. The molecule has 2 aliphatic rings. The molecule has 21 heavy (non-hydrogen) atoms. The Morgan fingerprint density at radius 2 is 1.90 bits per heavy atom. The minimum atomic E-state index is -0.165. The highest BCUT2D eigenvalue weighted by molar-refractivity contribution is 9.11. The molecule has 1 aromatic rings. The van der Waals surface area contributed by atoms with E-state index in [0.717, 1.165) is 52.4 Å². The van der Waals surface area contributed by atoms with Gasteiger partial charge in [-0.15, -0.1) is 4.91 Å². The first-order valence-corrected chi connectivity index (χ1v) is 8.68. The number of anilines is 1. The molecule has 1 fully saturated rings. The van der Waals surface area contributed by atoms with Crippen molar-refractivity contribution >= 4 is 37.5 Å². The fourth-order valence-electron chi connectivity index (χ4n) is 3.28. The lowest BCUT2D eigenvalue weighted by molar-refractivity contribution is 0.0677. The van der Waals surface area contributed by atoms with E-state index in [4.69, 9.17) is 0 Å². The molecular weight excluding hydrogens is 402 g/mol. The van der Waals surface area contributed by atoms with Crippen molar-refractivity contribution in [1.82, 2.24) is 4.90 Å². The fraction of sp³-hybridized carbons (Fsp3) is 0.571. The highest BCUT2D eigenvalue weighted by Gasteiger charge is 2.32. The minimum absolute atomic E-state index is 0.165. The van der Waals surface area contributed by atoms with E-state index in [0.29, 0.717) is 12.7 Å². The van der Waals surface area contributed by atoms with Crippen LogP contribution >= 0.6 is 31.9 Å². The lowest BCUT2D eigenvalue weighted by Crippen LogP contribution is -2.47. The van der Waals surface area contributed by atoms with Gasteiger partial charge in [-0.3, -0.25) is 4.90 Å². The number of aliphatic hydroxyl groups excluding tert-OH is 1. The highest BCUT2D eigenvalue weighted by Crippen LogP contribution is 2.39. The molecule has 114 valence electrons. The van der Waals surface area contributed by atoms with Crippen LogP contribution in [0.5, 0.6) is 0 Å². The molecule has 0 amide bonds. The number of nitrogens with zero attached hydrogens (tertiary/aromatic N) is 3. The molecule has 1 aliphatic heterocycles. The quantitative estimate of drug-likeness (QED) is 0.742. The summed E-state index contributed by atoms with van der Waals surface area (Å²) in [5.41, 5.74) is 1.95. The second kappa shape index (κ2) is 6.32. The Labute approximate surface area is 140 Å². The number of fused-ring (bicyclic) bond motifs is 1. The van der Waals surface area contributed by atoms with Gasteiger partial charge in [0.25, 0.3) is 0 Å². The van der Waals surface area contributed by atoms with Crippen molar-refractivity contribution in [2.45, 2.75) is 44.4 Å². The van der Waals surface area contributed by atoms with Gasteiger partial charge in [-0.1, -0.05) is 15.9 Å². The molecule has 0 aromatic heterocycles. The van der Waals surface area contributed by atoms with Gasteiger partial charge in [0.05, 0.1) is 23.7 Å². The third-order valence-electron chi connectivity index (χ3n) is 4.34. The van der Waals surface area contributed by atoms with E-state index in [-0.39, 0.29) is 6.10 Å². The molecule has 0 atom stereocenters. The van der Waals surface area contributed by atoms with E-state index in [1.165, 1.54) is 5.01 Å². The molecule has 1 N–H and O–H groups in total. The van der Waals surface area contributed by atoms with Crippen LogP contribution in [0.4, 0.5) is 5.69 Å². The first-order chi connectivity index (χ1) is 10.1. The normalized spacial score (nSPS) is 26.5. The molecule has 7 heteroatoms. The number of nitroso groups, excluding NO2 is 1. The monoisotopic (exact) mass is 417 g/mol. The van der Waals surface area contributed by atoms with Crippen LogP contribution in [0.3, 0.4) is 0 Å². The first-order valence-electron chi connectivity index (χ1n) is 7.09. The third-order valence-corrected chi connectivity index (χ3v) is 5.40. The van der Waals surface area contributed by atoms with E-state index in [9.17, 15) is 10.0 Å². The Bertz CT molecular complexity index is 547. The van der Waals surface area contributed by atoms with Gasteiger partial charge in [0.1, 0.15) is 0 Å². The van der Waals surface area contributed by atoms with Gasteiger partial charge in [-0.05, 0) is 59.3 Å². The van der Waals surface area contributed by atoms with Crippen molar-refractivity contribution in [2.75, 3.05) is 11.7 Å². The van der Waals surface area contributed by atoms with E-state index < -0.39 is 0 Å². The Morgan fingerprint density at radius 3 is 2.57 bits per heavy atom. The third kappa shape index (κ3) is 3.16. The van der Waals surface area contributed by atoms with Gasteiger partial charge < -0.3 is 5.11 Å². The predicted octanol–water partition coefficient (Wildman–Crippen LogP) is 3.78. The van der Waals surface area contributed by atoms with Crippen molar-refractivity contribution in [3.8, 4) is 0 Å². The molecule has 1 saturated carbocycles. The summed E-state index contributed by atoms with van der Waals surface area (Å²) in [5, 5.41) is 14.3. The molecule has 0 radical (unpaired) electrons. The number of benzene rings is 1. The van der Waals surface area contributed by atoms with E-state index in [2.05, 4.69) is 42.0 Å². The van der Waals surface area contributed by atoms with Crippen LogP contribution in [-0.2, 0) is 6.54 Å². The van der Waals surface area contributed by atoms with Crippen LogP contribution in [0.25, 0.3) is 0 Å². The molecule has 0 bridgehead atoms. The smallest absolute Gasteiger partial charge is 0.0974 e. The van der Waals surface area contributed by atoms with E-state index >= 15 is 0 Å². The number of hydrogen-bond donors (Lipinski definition) is 1. The number of hydrogen-bond acceptors (Lipinski definition) is 4. The zero-order chi connectivity index (χ0) is 15.0. The Kier molecular flexibility index (Phi) is 4.63. The average Bonchev–Trinajstić information content (AvgIpc) is 2.46. The van der Waals surface area contributed by atoms with Gasteiger partial charge in [0.2, 0.25) is 0 Å². The lowest BCUT2D eigenvalue weighted by Gasteiger charge is -2.41. The lowest BCUT2D eigenvalue weighted by atomic mass is 9.91. The van der Waals surface area contributed by atoms with Crippen LogP contribution in [0, 0.1) is 4.91 Å². The highest BCUT2D eigenvalue weighted by atomic mass is 79.9. The number of rotatable bonds is 2. The Hall–Kier alpha value is -0.500. The largest absolute Gasteiger partial charge is 0.393 e. The maximum absolute atomic E-state index is 11.2. The summed E-state index contributed by atoms with van der Waals surface area (Å²) >= 11 is 7.01. The average molecular weight is 419 g/mol. The maximum atomic E-state index is 11.2. The van der Waals surface area contributed by atoms with Crippen molar-refractivity contribution in [1.29, 1.82) is 0 Å². The molecule has 0 unspecified atom stereocenters. The topological polar surface area (TPSA) is 56.1 Å². The van der Waals surface area contributed by atoms with E-state index in [1.54, 1.807) is 0 Å². The SMILES string of the molecule is O=NN1CN(C2CCC(O)CC2)Cc2cc(Br)cc(Br)c21. The van der Waals surface area contributed by atoms with Gasteiger partial charge in [-0.2, -0.15) is 0 Å². The van der Waals surface area contributed by atoms with Crippen LogP contribution in [-0.4, -0.2) is 28.8 Å². The summed E-state index contributed by atoms with van der Waals surface area (Å²) in [6, 6.07) is 4.38. The summed E-state index contributed by atoms with van der Waals surface area (Å²) in [7, 11) is 0. The standard InChI is InChI=1S/C14H17Br2N3O2/c15-10-5-9-7-18(11-1-3-12(20)4-2-11)8-19(17-21)14(9)13(16)6-10/h5-6,11-12,20H,1-4,7-8H2. The van der Waals surface area contributed by atoms with Crippen LogP contribution in [0.1, 0.15) is 31.2 Å². The van der Waals surface area contributed by atoms with Crippen molar-refractivity contribution in [2.24, 2.45) is 5.29 Å². The molecule has 1 aliphatic carbocycles. The van der Waals surface area contributed by atoms with Gasteiger partial charge in [-0.25, -0.2) is 5.01 Å². The molecule has 1 aromatic carbocycles. The Balaban J connectivity index is 1.86. The summed E-state index contributed by atoms with van der Waals surface area (Å²) < 4.78 is 1.87. The van der Waals surface area contributed by atoms with Gasteiger partial charge in [0, 0.05) is 21.5 Å². The molecule has 0 spiro atoms. The molecule has 5 nitrogen and oxygen atoms in total. The molecule has 1 heterocycles. The number of aliphatic hydroxyl groups is 1. The second-order valence-electron chi connectivity index (χ2n) is 5.73. The molecule has 0 saturated heterocycles. The van der Waals surface area contributed by atoms with Gasteiger partial charge >= 0.3 is 0 Å².